The first-order valence-electron chi connectivity index (χ1n) is 5.67. The summed E-state index contributed by atoms with van der Waals surface area (Å²) < 4.78 is 0. The number of hydrogen-bond acceptors (Lipinski definition) is 1. The molecule has 1 atom stereocenters. The second-order valence-electron chi connectivity index (χ2n) is 4.48. The number of hydrogen-bond donors (Lipinski definition) is 1. The summed E-state index contributed by atoms with van der Waals surface area (Å²) >= 11 is 12.1. The van der Waals surface area contributed by atoms with Gasteiger partial charge in [0, 0.05) is 11.6 Å². The fourth-order valence-corrected chi connectivity index (χ4v) is 1.89. The maximum Gasteiger partial charge on any atom is 0.0500 e. The fourth-order valence-electron chi connectivity index (χ4n) is 1.48. The van der Waals surface area contributed by atoms with Gasteiger partial charge in [0.25, 0.3) is 0 Å². The molecule has 0 bridgehead atoms. The third-order valence-electron chi connectivity index (χ3n) is 2.29. The van der Waals surface area contributed by atoms with Crippen molar-refractivity contribution in [3.63, 3.8) is 0 Å². The van der Waals surface area contributed by atoms with Gasteiger partial charge in [-0.2, -0.15) is 0 Å². The lowest BCUT2D eigenvalue weighted by atomic mass is 10.1. The molecular weight excluding hydrogens is 277 g/mol. The molecule has 0 fully saturated rings. The van der Waals surface area contributed by atoms with Gasteiger partial charge in [-0.3, -0.25) is 0 Å². The molecular formula is C13H20Cl3N. The van der Waals surface area contributed by atoms with Crippen LogP contribution in [0.5, 0.6) is 0 Å². The van der Waals surface area contributed by atoms with Crippen molar-refractivity contribution in [2.24, 2.45) is 5.92 Å². The van der Waals surface area contributed by atoms with Crippen molar-refractivity contribution in [1.82, 2.24) is 5.32 Å². The Hall–Kier alpha value is 0.0500. The molecule has 0 radical (unpaired) electrons. The van der Waals surface area contributed by atoms with Crippen LogP contribution in [0.3, 0.4) is 0 Å². The van der Waals surface area contributed by atoms with Crippen molar-refractivity contribution in [3.8, 4) is 0 Å². The summed E-state index contributed by atoms with van der Waals surface area (Å²) in [6, 6.07) is 7.87. The molecule has 1 aromatic rings. The van der Waals surface area contributed by atoms with Crippen LogP contribution in [0, 0.1) is 5.92 Å². The smallest absolute Gasteiger partial charge is 0.0500 e. The summed E-state index contributed by atoms with van der Waals surface area (Å²) in [6.45, 7) is 6.25. The number of nitrogens with one attached hydrogen (secondary N) is 1. The van der Waals surface area contributed by atoms with E-state index in [1.54, 1.807) is 0 Å². The molecule has 1 unspecified atom stereocenters. The molecule has 0 aliphatic carbocycles. The first kappa shape index (κ1) is 17.1. The van der Waals surface area contributed by atoms with Crippen LogP contribution in [0.4, 0.5) is 0 Å². The second kappa shape index (κ2) is 9.04. The van der Waals surface area contributed by atoms with E-state index in [1.165, 1.54) is 5.56 Å². The molecule has 1 rings (SSSR count). The van der Waals surface area contributed by atoms with E-state index in [-0.39, 0.29) is 17.8 Å². The highest BCUT2D eigenvalue weighted by molar-refractivity contribution is 6.30. The van der Waals surface area contributed by atoms with Gasteiger partial charge in [-0.1, -0.05) is 37.6 Å². The van der Waals surface area contributed by atoms with Crippen LogP contribution in [0.1, 0.15) is 19.4 Å². The fraction of sp³-hybridized carbons (Fsp3) is 0.538. The van der Waals surface area contributed by atoms with Crippen LogP contribution in [0.25, 0.3) is 0 Å². The van der Waals surface area contributed by atoms with Crippen molar-refractivity contribution in [1.29, 1.82) is 0 Å². The zero-order chi connectivity index (χ0) is 12.0. The van der Waals surface area contributed by atoms with E-state index >= 15 is 0 Å². The van der Waals surface area contributed by atoms with E-state index in [9.17, 15) is 0 Å². The minimum absolute atomic E-state index is 0. The number of rotatable bonds is 6. The largest absolute Gasteiger partial charge is 0.315 e. The maximum atomic E-state index is 6.24. The molecule has 0 spiro atoms. The topological polar surface area (TPSA) is 12.0 Å². The molecule has 1 nitrogen and oxygen atoms in total. The minimum atomic E-state index is 0. The van der Waals surface area contributed by atoms with Crippen molar-refractivity contribution >= 4 is 35.6 Å². The quantitative estimate of drug-likeness (QED) is 0.777. The molecule has 0 heterocycles. The molecule has 1 N–H and O–H groups in total. The first-order chi connectivity index (χ1) is 7.58. The molecule has 17 heavy (non-hydrogen) atoms. The van der Waals surface area contributed by atoms with Crippen LogP contribution in [-0.4, -0.2) is 18.5 Å². The number of halogens is 3. The SMILES string of the molecule is CC(C)CNCC(Cl)Cc1ccc(Cl)cc1.Cl. The Morgan fingerprint density at radius 2 is 1.71 bits per heavy atom. The predicted octanol–water partition coefficient (Wildman–Crippen LogP) is 4.16. The van der Waals surface area contributed by atoms with Gasteiger partial charge in [0.2, 0.25) is 0 Å². The monoisotopic (exact) mass is 295 g/mol. The minimum Gasteiger partial charge on any atom is -0.315 e. The molecule has 0 saturated carbocycles. The van der Waals surface area contributed by atoms with Crippen LogP contribution in [0.15, 0.2) is 24.3 Å². The molecule has 0 aliphatic rings. The lowest BCUT2D eigenvalue weighted by Crippen LogP contribution is -2.27. The van der Waals surface area contributed by atoms with E-state index in [0.717, 1.165) is 24.5 Å². The highest BCUT2D eigenvalue weighted by Gasteiger charge is 2.05. The Morgan fingerprint density at radius 1 is 1.12 bits per heavy atom. The second-order valence-corrected chi connectivity index (χ2v) is 5.53. The molecule has 4 heteroatoms. The van der Waals surface area contributed by atoms with Gasteiger partial charge in [0.05, 0.1) is 5.38 Å². The Bertz CT molecular complexity index is 298. The summed E-state index contributed by atoms with van der Waals surface area (Å²) in [5.41, 5.74) is 1.23. The van der Waals surface area contributed by atoms with E-state index in [0.29, 0.717) is 5.92 Å². The average molecular weight is 297 g/mol. The van der Waals surface area contributed by atoms with Gasteiger partial charge in [-0.25, -0.2) is 0 Å². The Balaban J connectivity index is 0.00000256. The van der Waals surface area contributed by atoms with Crippen molar-refractivity contribution in [3.05, 3.63) is 34.9 Å². The van der Waals surface area contributed by atoms with Crippen LogP contribution in [-0.2, 0) is 6.42 Å². The lowest BCUT2D eigenvalue weighted by Gasteiger charge is -2.12. The van der Waals surface area contributed by atoms with E-state index < -0.39 is 0 Å². The Morgan fingerprint density at radius 3 is 2.24 bits per heavy atom. The highest BCUT2D eigenvalue weighted by atomic mass is 35.5. The average Bonchev–Trinajstić information content (AvgIpc) is 2.21. The van der Waals surface area contributed by atoms with E-state index in [2.05, 4.69) is 19.2 Å². The zero-order valence-electron chi connectivity index (χ0n) is 10.2. The summed E-state index contributed by atoms with van der Waals surface area (Å²) in [4.78, 5) is 0. The summed E-state index contributed by atoms with van der Waals surface area (Å²) in [7, 11) is 0. The molecule has 1 aromatic carbocycles. The molecule has 98 valence electrons. The Labute approximate surface area is 120 Å². The van der Waals surface area contributed by atoms with Gasteiger partial charge in [-0.05, 0) is 36.6 Å². The Kier molecular flexibility index (Phi) is 9.07. The molecule has 0 aromatic heterocycles. The summed E-state index contributed by atoms with van der Waals surface area (Å²) in [5, 5.41) is 4.27. The molecule has 0 amide bonds. The lowest BCUT2D eigenvalue weighted by molar-refractivity contribution is 0.545. The normalized spacial score (nSPS) is 12.3. The number of benzene rings is 1. The molecule has 0 aliphatic heterocycles. The zero-order valence-corrected chi connectivity index (χ0v) is 12.6. The van der Waals surface area contributed by atoms with Gasteiger partial charge >= 0.3 is 0 Å². The van der Waals surface area contributed by atoms with Crippen molar-refractivity contribution in [2.75, 3.05) is 13.1 Å². The van der Waals surface area contributed by atoms with Gasteiger partial charge in [0.15, 0.2) is 0 Å². The van der Waals surface area contributed by atoms with Gasteiger partial charge in [0.1, 0.15) is 0 Å². The van der Waals surface area contributed by atoms with Crippen LogP contribution >= 0.6 is 35.6 Å². The van der Waals surface area contributed by atoms with Crippen molar-refractivity contribution in [2.45, 2.75) is 25.6 Å². The summed E-state index contributed by atoms with van der Waals surface area (Å²) in [6.07, 6.45) is 0.879. The number of alkyl halides is 1. The van der Waals surface area contributed by atoms with E-state index in [4.69, 9.17) is 23.2 Å². The highest BCUT2D eigenvalue weighted by Crippen LogP contribution is 2.12. The van der Waals surface area contributed by atoms with Crippen molar-refractivity contribution < 1.29 is 0 Å². The van der Waals surface area contributed by atoms with Crippen LogP contribution < -0.4 is 5.32 Å². The van der Waals surface area contributed by atoms with Gasteiger partial charge < -0.3 is 5.32 Å². The third kappa shape index (κ3) is 7.88. The standard InChI is InChI=1S/C13H19Cl2N.ClH/c1-10(2)8-16-9-13(15)7-11-3-5-12(14)6-4-11;/h3-6,10,13,16H,7-9H2,1-2H3;1H. The van der Waals surface area contributed by atoms with Crippen LogP contribution in [0.2, 0.25) is 5.02 Å². The third-order valence-corrected chi connectivity index (χ3v) is 2.85. The first-order valence-corrected chi connectivity index (χ1v) is 6.48. The summed E-state index contributed by atoms with van der Waals surface area (Å²) in [5.74, 6) is 0.666. The maximum absolute atomic E-state index is 6.24. The van der Waals surface area contributed by atoms with E-state index in [1.807, 2.05) is 24.3 Å². The predicted molar refractivity (Wildman–Crippen MR) is 79.8 cm³/mol. The molecule has 0 saturated heterocycles. The van der Waals surface area contributed by atoms with Gasteiger partial charge in [-0.15, -0.1) is 24.0 Å².